The maximum atomic E-state index is 13.3. The second-order valence-corrected chi connectivity index (χ2v) is 8.50. The van der Waals surface area contributed by atoms with Crippen molar-refractivity contribution in [3.05, 3.63) is 70.5 Å². The van der Waals surface area contributed by atoms with Gasteiger partial charge in [-0.05, 0) is 44.6 Å². The van der Waals surface area contributed by atoms with Crippen LogP contribution in [0.3, 0.4) is 0 Å². The number of fused-ring (bicyclic) bond motifs is 5. The molecule has 2 aliphatic heterocycles. The van der Waals surface area contributed by atoms with Crippen molar-refractivity contribution in [3.63, 3.8) is 0 Å². The molecule has 5 heterocycles. The van der Waals surface area contributed by atoms with Gasteiger partial charge in [0.25, 0.3) is 11.5 Å². The number of piperidine rings is 1. The summed E-state index contributed by atoms with van der Waals surface area (Å²) in [6.07, 6.45) is 6.46. The maximum absolute atomic E-state index is 13.3. The van der Waals surface area contributed by atoms with E-state index in [4.69, 9.17) is 0 Å². The third kappa shape index (κ3) is 3.06. The van der Waals surface area contributed by atoms with Gasteiger partial charge in [-0.2, -0.15) is 0 Å². The second-order valence-electron chi connectivity index (χ2n) is 8.50. The fourth-order valence-electron chi connectivity index (χ4n) is 5.05. The summed E-state index contributed by atoms with van der Waals surface area (Å²) in [4.78, 5) is 34.3. The molecule has 5 rings (SSSR count). The van der Waals surface area contributed by atoms with Gasteiger partial charge in [0, 0.05) is 55.9 Å². The second kappa shape index (κ2) is 6.84. The molecule has 7 heteroatoms. The Kier molecular flexibility index (Phi) is 4.28. The lowest BCUT2D eigenvalue weighted by atomic mass is 9.78. The molecule has 3 aromatic heterocycles. The van der Waals surface area contributed by atoms with Crippen molar-refractivity contribution >= 4 is 11.6 Å². The minimum absolute atomic E-state index is 0.0469. The predicted molar refractivity (Wildman–Crippen MR) is 110 cm³/mol. The summed E-state index contributed by atoms with van der Waals surface area (Å²) in [5.74, 6) is 0.511. The topological polar surface area (TPSA) is 62.8 Å². The number of rotatable bonds is 3. The van der Waals surface area contributed by atoms with Crippen molar-refractivity contribution in [1.82, 2.24) is 23.8 Å². The number of likely N-dealkylation sites (tertiary alicyclic amines) is 1. The molecule has 0 spiro atoms. The Hall–Kier alpha value is -2.93. The van der Waals surface area contributed by atoms with Crippen LogP contribution in [0.25, 0.3) is 5.65 Å². The van der Waals surface area contributed by atoms with Crippen LogP contribution in [0.1, 0.15) is 34.4 Å². The van der Waals surface area contributed by atoms with E-state index >= 15 is 0 Å². The van der Waals surface area contributed by atoms with Gasteiger partial charge >= 0.3 is 0 Å². The van der Waals surface area contributed by atoms with Gasteiger partial charge in [-0.15, -0.1) is 0 Å². The van der Waals surface area contributed by atoms with Gasteiger partial charge in [-0.3, -0.25) is 9.59 Å². The Bertz CT molecular complexity index is 1130. The molecule has 1 amide bonds. The van der Waals surface area contributed by atoms with Gasteiger partial charge in [0.2, 0.25) is 0 Å². The number of likely N-dealkylation sites (N-methyl/N-ethyl adjacent to an activating group) is 1. The third-order valence-corrected chi connectivity index (χ3v) is 6.27. The molecule has 1 fully saturated rings. The monoisotopic (exact) mass is 391 g/mol. The van der Waals surface area contributed by atoms with Crippen molar-refractivity contribution < 1.29 is 4.79 Å². The average Bonchev–Trinajstić information content (AvgIpc) is 3.18. The number of amides is 1. The molecular formula is C22H25N5O2. The number of aromatic nitrogens is 3. The van der Waals surface area contributed by atoms with E-state index in [2.05, 4.69) is 16.0 Å². The van der Waals surface area contributed by atoms with E-state index in [-0.39, 0.29) is 29.3 Å². The van der Waals surface area contributed by atoms with Crippen LogP contribution >= 0.6 is 0 Å². The van der Waals surface area contributed by atoms with E-state index in [9.17, 15) is 9.59 Å². The summed E-state index contributed by atoms with van der Waals surface area (Å²) in [5.41, 5.74) is 2.62. The van der Waals surface area contributed by atoms with Crippen LogP contribution in [0.2, 0.25) is 0 Å². The van der Waals surface area contributed by atoms with Crippen molar-refractivity contribution in [3.8, 4) is 0 Å². The van der Waals surface area contributed by atoms with Gasteiger partial charge in [0.05, 0.1) is 11.6 Å². The minimum atomic E-state index is 0.0469. The van der Waals surface area contributed by atoms with E-state index < -0.39 is 0 Å². The van der Waals surface area contributed by atoms with Crippen molar-refractivity contribution in [2.24, 2.45) is 5.92 Å². The quantitative estimate of drug-likeness (QED) is 0.684. The van der Waals surface area contributed by atoms with Crippen LogP contribution in [-0.2, 0) is 0 Å². The largest absolute Gasteiger partial charge is 0.338 e. The lowest BCUT2D eigenvalue weighted by Crippen LogP contribution is -2.52. The average molecular weight is 391 g/mol. The van der Waals surface area contributed by atoms with Crippen LogP contribution in [-0.4, -0.2) is 63.4 Å². The fraction of sp³-hybridized carbons (Fsp3) is 0.409. The lowest BCUT2D eigenvalue weighted by molar-refractivity contribution is 0.0498. The summed E-state index contributed by atoms with van der Waals surface area (Å²) in [6.45, 7) is 2.11. The van der Waals surface area contributed by atoms with Crippen LogP contribution in [0, 0.1) is 5.92 Å². The zero-order chi connectivity index (χ0) is 20.1. The molecular weight excluding hydrogens is 366 g/mol. The van der Waals surface area contributed by atoms with Crippen molar-refractivity contribution in [1.29, 1.82) is 0 Å². The molecule has 150 valence electrons. The number of carbonyl (C=O) groups excluding carboxylic acids is 1. The number of carbonyl (C=O) groups is 1. The molecule has 0 aromatic carbocycles. The zero-order valence-corrected chi connectivity index (χ0v) is 16.7. The smallest absolute Gasteiger partial charge is 0.255 e. The molecule has 3 aromatic rings. The molecule has 1 saturated heterocycles. The lowest BCUT2D eigenvalue weighted by Gasteiger charge is -2.47. The van der Waals surface area contributed by atoms with Gasteiger partial charge in [-0.1, -0.05) is 6.07 Å². The summed E-state index contributed by atoms with van der Waals surface area (Å²) >= 11 is 0. The number of imidazole rings is 1. The minimum Gasteiger partial charge on any atom is -0.338 e. The van der Waals surface area contributed by atoms with Crippen LogP contribution in [0.15, 0.2) is 53.7 Å². The summed E-state index contributed by atoms with van der Waals surface area (Å²) in [5, 5.41) is 0. The van der Waals surface area contributed by atoms with Gasteiger partial charge < -0.3 is 18.8 Å². The standard InChI is InChI=1S/C22H25N5O2/c1-24(2)14-19-17-10-16(18-4-3-5-21(28)27(18)19)12-26(13-17)22(29)15-6-7-20-23-8-9-25(20)11-15/h3-9,11,16-17,19H,10,12-14H2,1-2H3/t16-,17+,19+/m1/s1. The first-order valence-corrected chi connectivity index (χ1v) is 10.1. The predicted octanol–water partition coefficient (Wildman–Crippen LogP) is 1.86. The Morgan fingerprint density at radius 2 is 2.07 bits per heavy atom. The van der Waals surface area contributed by atoms with Crippen LogP contribution in [0.5, 0.6) is 0 Å². The summed E-state index contributed by atoms with van der Waals surface area (Å²) in [7, 11) is 4.07. The van der Waals surface area contributed by atoms with Crippen molar-refractivity contribution in [2.75, 3.05) is 33.7 Å². The van der Waals surface area contributed by atoms with Gasteiger partial charge in [0.15, 0.2) is 0 Å². The van der Waals surface area contributed by atoms with E-state index in [0.29, 0.717) is 18.7 Å². The highest BCUT2D eigenvalue weighted by molar-refractivity contribution is 5.94. The Labute approximate surface area is 169 Å². The maximum Gasteiger partial charge on any atom is 0.255 e. The molecule has 29 heavy (non-hydrogen) atoms. The molecule has 0 saturated carbocycles. The first-order chi connectivity index (χ1) is 14.0. The fourth-order valence-corrected chi connectivity index (χ4v) is 5.05. The van der Waals surface area contributed by atoms with Crippen LogP contribution in [0.4, 0.5) is 0 Å². The highest BCUT2D eigenvalue weighted by Gasteiger charge is 2.42. The number of hydrogen-bond donors (Lipinski definition) is 0. The summed E-state index contributed by atoms with van der Waals surface area (Å²) in [6, 6.07) is 9.35. The first kappa shape index (κ1) is 18.1. The number of hydrogen-bond acceptors (Lipinski definition) is 4. The summed E-state index contributed by atoms with van der Waals surface area (Å²) < 4.78 is 3.86. The number of pyridine rings is 2. The molecule has 0 radical (unpaired) electrons. The SMILES string of the molecule is CN(C)C[C@H]1[C@H]2C[C@H](CN(C(=O)c3ccc4nccn4c3)C2)c2cccc(=O)n21. The highest BCUT2D eigenvalue weighted by atomic mass is 16.2. The van der Waals surface area contributed by atoms with Crippen molar-refractivity contribution in [2.45, 2.75) is 18.4 Å². The van der Waals surface area contributed by atoms with Gasteiger partial charge in [0.1, 0.15) is 5.65 Å². The third-order valence-electron chi connectivity index (χ3n) is 6.27. The Morgan fingerprint density at radius 1 is 1.21 bits per heavy atom. The Morgan fingerprint density at radius 3 is 2.90 bits per heavy atom. The first-order valence-electron chi connectivity index (χ1n) is 10.1. The van der Waals surface area contributed by atoms with E-state index in [1.807, 2.05) is 58.6 Å². The molecule has 0 unspecified atom stereocenters. The highest BCUT2D eigenvalue weighted by Crippen LogP contribution is 2.41. The van der Waals surface area contributed by atoms with E-state index in [1.54, 1.807) is 12.3 Å². The molecule has 3 atom stereocenters. The van der Waals surface area contributed by atoms with E-state index in [1.165, 1.54) is 0 Å². The van der Waals surface area contributed by atoms with E-state index in [0.717, 1.165) is 24.3 Å². The Balaban J connectivity index is 1.50. The molecule has 0 aliphatic carbocycles. The zero-order valence-electron chi connectivity index (χ0n) is 16.7. The number of nitrogens with zero attached hydrogens (tertiary/aromatic N) is 5. The van der Waals surface area contributed by atoms with Gasteiger partial charge in [-0.25, -0.2) is 4.98 Å². The van der Waals surface area contributed by atoms with Crippen LogP contribution < -0.4 is 5.56 Å². The molecule has 7 nitrogen and oxygen atoms in total. The normalized spacial score (nSPS) is 23.4. The molecule has 2 aliphatic rings. The molecule has 2 bridgehead atoms. The molecule has 0 N–H and O–H groups in total.